The normalized spacial score (nSPS) is 11.4. The predicted molar refractivity (Wildman–Crippen MR) is 66.8 cm³/mol. The second kappa shape index (κ2) is 5.32. The Hall–Kier alpha value is -1.07. The summed E-state index contributed by atoms with van der Waals surface area (Å²) in [5.74, 6) is -0.139. The van der Waals surface area contributed by atoms with Gasteiger partial charge in [-0.2, -0.15) is 0 Å². The first-order chi connectivity index (χ1) is 7.46. The van der Waals surface area contributed by atoms with Gasteiger partial charge in [0, 0.05) is 13.2 Å². The minimum Gasteiger partial charge on any atom is -0.397 e. The lowest BCUT2D eigenvalue weighted by molar-refractivity contribution is -0.00812. The molecule has 0 aliphatic carbocycles. The highest BCUT2D eigenvalue weighted by Crippen LogP contribution is 2.18. The maximum Gasteiger partial charge on any atom is 0.263 e. The van der Waals surface area contributed by atoms with Crippen LogP contribution in [0.1, 0.15) is 30.4 Å². The maximum atomic E-state index is 11.7. The zero-order valence-corrected chi connectivity index (χ0v) is 10.7. The minimum atomic E-state index is -0.351. The largest absolute Gasteiger partial charge is 0.397 e. The van der Waals surface area contributed by atoms with Crippen LogP contribution in [0.5, 0.6) is 0 Å². The standard InChI is InChI=1S/C11H18N2O2S/c1-4-15-11(2,3)7-13-10(14)9-8(12)5-6-16-9/h5-6H,4,7,12H2,1-3H3,(H,13,14). The highest BCUT2D eigenvalue weighted by atomic mass is 32.1. The predicted octanol–water partition coefficient (Wildman–Crippen LogP) is 1.88. The zero-order chi connectivity index (χ0) is 12.2. The lowest BCUT2D eigenvalue weighted by Gasteiger charge is -2.24. The average Bonchev–Trinajstić information content (AvgIpc) is 2.61. The first kappa shape index (κ1) is 13.0. The highest BCUT2D eigenvalue weighted by Gasteiger charge is 2.20. The Morgan fingerprint density at radius 2 is 2.31 bits per heavy atom. The molecule has 0 saturated carbocycles. The fourth-order valence-corrected chi connectivity index (χ4v) is 2.05. The number of nitrogens with two attached hydrogens (primary N) is 1. The van der Waals surface area contributed by atoms with Crippen molar-refractivity contribution in [2.45, 2.75) is 26.4 Å². The average molecular weight is 242 g/mol. The van der Waals surface area contributed by atoms with Crippen LogP contribution >= 0.6 is 11.3 Å². The summed E-state index contributed by atoms with van der Waals surface area (Å²) in [6.45, 7) is 6.91. The summed E-state index contributed by atoms with van der Waals surface area (Å²) < 4.78 is 5.48. The van der Waals surface area contributed by atoms with E-state index >= 15 is 0 Å². The number of amides is 1. The summed E-state index contributed by atoms with van der Waals surface area (Å²) in [6.07, 6.45) is 0. The van der Waals surface area contributed by atoms with Crippen LogP contribution in [0.3, 0.4) is 0 Å². The van der Waals surface area contributed by atoms with Crippen LogP contribution < -0.4 is 11.1 Å². The molecular weight excluding hydrogens is 224 g/mol. The van der Waals surface area contributed by atoms with Crippen molar-refractivity contribution in [3.8, 4) is 0 Å². The first-order valence-corrected chi connectivity index (χ1v) is 6.09. The molecule has 0 atom stereocenters. The van der Waals surface area contributed by atoms with Gasteiger partial charge in [-0.1, -0.05) is 0 Å². The molecule has 0 unspecified atom stereocenters. The molecule has 1 aromatic rings. The van der Waals surface area contributed by atoms with Gasteiger partial charge in [0.05, 0.1) is 11.3 Å². The summed E-state index contributed by atoms with van der Waals surface area (Å²) in [6, 6.07) is 1.73. The molecule has 0 aliphatic rings. The van der Waals surface area contributed by atoms with Gasteiger partial charge in [0.2, 0.25) is 0 Å². The van der Waals surface area contributed by atoms with Gasteiger partial charge >= 0.3 is 0 Å². The molecule has 3 N–H and O–H groups in total. The number of rotatable bonds is 5. The zero-order valence-electron chi connectivity index (χ0n) is 9.87. The molecule has 1 rings (SSSR count). The highest BCUT2D eigenvalue weighted by molar-refractivity contribution is 7.12. The molecule has 1 aromatic heterocycles. The number of thiophene rings is 1. The molecule has 0 aliphatic heterocycles. The Balaban J connectivity index is 2.51. The van der Waals surface area contributed by atoms with Crippen molar-refractivity contribution in [3.63, 3.8) is 0 Å². The van der Waals surface area contributed by atoms with Crippen LogP contribution in [-0.2, 0) is 4.74 Å². The molecule has 0 aromatic carbocycles. The van der Waals surface area contributed by atoms with E-state index in [1.807, 2.05) is 20.8 Å². The number of hydrogen-bond donors (Lipinski definition) is 2. The summed E-state index contributed by atoms with van der Waals surface area (Å²) in [5.41, 5.74) is 5.83. The molecule has 4 nitrogen and oxygen atoms in total. The number of hydrogen-bond acceptors (Lipinski definition) is 4. The second-order valence-electron chi connectivity index (χ2n) is 4.08. The monoisotopic (exact) mass is 242 g/mol. The van der Waals surface area contributed by atoms with Crippen LogP contribution in [0.15, 0.2) is 11.4 Å². The van der Waals surface area contributed by atoms with E-state index in [4.69, 9.17) is 10.5 Å². The van der Waals surface area contributed by atoms with E-state index in [1.54, 1.807) is 11.4 Å². The number of anilines is 1. The van der Waals surface area contributed by atoms with E-state index in [-0.39, 0.29) is 11.5 Å². The Labute approximate surface area is 99.8 Å². The fourth-order valence-electron chi connectivity index (χ4n) is 1.32. The van der Waals surface area contributed by atoms with Gasteiger partial charge < -0.3 is 15.8 Å². The molecule has 5 heteroatoms. The third kappa shape index (κ3) is 3.50. The first-order valence-electron chi connectivity index (χ1n) is 5.21. The van der Waals surface area contributed by atoms with E-state index in [2.05, 4.69) is 5.32 Å². The van der Waals surface area contributed by atoms with Crippen molar-refractivity contribution in [2.24, 2.45) is 0 Å². The van der Waals surface area contributed by atoms with Gasteiger partial charge in [-0.15, -0.1) is 11.3 Å². The fraction of sp³-hybridized carbons (Fsp3) is 0.545. The van der Waals surface area contributed by atoms with Crippen LogP contribution in [0.25, 0.3) is 0 Å². The van der Waals surface area contributed by atoms with Crippen LogP contribution in [-0.4, -0.2) is 24.7 Å². The molecule has 1 heterocycles. The molecule has 1 amide bonds. The van der Waals surface area contributed by atoms with Gasteiger partial charge in [-0.05, 0) is 32.2 Å². The summed E-state index contributed by atoms with van der Waals surface area (Å²) in [4.78, 5) is 12.3. The van der Waals surface area contributed by atoms with Gasteiger partial charge in [0.15, 0.2) is 0 Å². The van der Waals surface area contributed by atoms with Crippen molar-refractivity contribution in [1.82, 2.24) is 5.32 Å². The summed E-state index contributed by atoms with van der Waals surface area (Å²) in [5, 5.41) is 4.62. The third-order valence-electron chi connectivity index (χ3n) is 2.11. The Bertz CT molecular complexity index is 361. The Morgan fingerprint density at radius 1 is 1.62 bits per heavy atom. The van der Waals surface area contributed by atoms with E-state index in [0.29, 0.717) is 23.7 Å². The number of nitrogens with one attached hydrogen (secondary N) is 1. The van der Waals surface area contributed by atoms with Crippen molar-refractivity contribution in [3.05, 3.63) is 16.3 Å². The second-order valence-corrected chi connectivity index (χ2v) is 5.00. The summed E-state index contributed by atoms with van der Waals surface area (Å²) >= 11 is 1.34. The topological polar surface area (TPSA) is 64.3 Å². The molecule has 16 heavy (non-hydrogen) atoms. The maximum absolute atomic E-state index is 11.7. The Morgan fingerprint density at radius 3 is 2.81 bits per heavy atom. The number of carbonyl (C=O) groups is 1. The summed E-state index contributed by atoms with van der Waals surface area (Å²) in [7, 11) is 0. The molecular formula is C11H18N2O2S. The van der Waals surface area contributed by atoms with Crippen molar-refractivity contribution in [1.29, 1.82) is 0 Å². The number of ether oxygens (including phenoxy) is 1. The quantitative estimate of drug-likeness (QED) is 0.828. The smallest absolute Gasteiger partial charge is 0.263 e. The van der Waals surface area contributed by atoms with Crippen LogP contribution in [0.4, 0.5) is 5.69 Å². The van der Waals surface area contributed by atoms with Crippen molar-refractivity contribution in [2.75, 3.05) is 18.9 Å². The van der Waals surface area contributed by atoms with E-state index in [1.165, 1.54) is 11.3 Å². The molecule has 0 radical (unpaired) electrons. The van der Waals surface area contributed by atoms with Gasteiger partial charge in [0.25, 0.3) is 5.91 Å². The molecule has 0 spiro atoms. The molecule has 0 saturated heterocycles. The lowest BCUT2D eigenvalue weighted by atomic mass is 10.1. The SMILES string of the molecule is CCOC(C)(C)CNC(=O)c1sccc1N. The molecule has 0 fully saturated rings. The molecule has 0 bridgehead atoms. The minimum absolute atomic E-state index is 0.139. The van der Waals surface area contributed by atoms with Crippen molar-refractivity contribution < 1.29 is 9.53 Å². The van der Waals surface area contributed by atoms with Gasteiger partial charge in [-0.3, -0.25) is 4.79 Å². The van der Waals surface area contributed by atoms with E-state index < -0.39 is 0 Å². The van der Waals surface area contributed by atoms with Crippen LogP contribution in [0, 0.1) is 0 Å². The molecule has 90 valence electrons. The van der Waals surface area contributed by atoms with Gasteiger partial charge in [0.1, 0.15) is 4.88 Å². The number of nitrogen functional groups attached to an aromatic ring is 1. The lowest BCUT2D eigenvalue weighted by Crippen LogP contribution is -2.40. The third-order valence-corrected chi connectivity index (χ3v) is 3.04. The number of carbonyl (C=O) groups excluding carboxylic acids is 1. The van der Waals surface area contributed by atoms with Gasteiger partial charge in [-0.25, -0.2) is 0 Å². The van der Waals surface area contributed by atoms with Crippen molar-refractivity contribution >= 4 is 22.9 Å². The Kier molecular flexibility index (Phi) is 4.32. The van der Waals surface area contributed by atoms with E-state index in [0.717, 1.165) is 0 Å². The van der Waals surface area contributed by atoms with Crippen LogP contribution in [0.2, 0.25) is 0 Å². The van der Waals surface area contributed by atoms with E-state index in [9.17, 15) is 4.79 Å².